The maximum Gasteiger partial charge on any atom is 0.405 e. The molecule has 0 aliphatic carbocycles. The van der Waals surface area contributed by atoms with Crippen LogP contribution in [0.15, 0.2) is 18.2 Å². The van der Waals surface area contributed by atoms with E-state index >= 15 is 0 Å². The summed E-state index contributed by atoms with van der Waals surface area (Å²) in [5.74, 6) is 0. The van der Waals surface area contributed by atoms with E-state index in [1.165, 1.54) is 4.90 Å². The van der Waals surface area contributed by atoms with Crippen molar-refractivity contribution in [3.63, 3.8) is 0 Å². The highest BCUT2D eigenvalue weighted by Gasteiger charge is 2.30. The Balaban J connectivity index is 2.93. The lowest BCUT2D eigenvalue weighted by Gasteiger charge is -2.26. The van der Waals surface area contributed by atoms with Crippen LogP contribution >= 0.6 is 0 Å². The first-order valence-corrected chi connectivity index (χ1v) is 5.51. The second kappa shape index (κ2) is 5.29. The lowest BCUT2D eigenvalue weighted by molar-refractivity contribution is -0.119. The molecule has 1 aromatic carbocycles. The zero-order valence-corrected chi connectivity index (χ0v) is 10.0. The number of halogens is 3. The first kappa shape index (κ1) is 13.7. The van der Waals surface area contributed by atoms with Crippen LogP contribution in [-0.2, 0) is 0 Å². The van der Waals surface area contributed by atoms with E-state index in [4.69, 9.17) is 5.73 Å². The third-order valence-corrected chi connectivity index (χ3v) is 2.48. The molecule has 2 nitrogen and oxygen atoms in total. The van der Waals surface area contributed by atoms with Gasteiger partial charge in [-0.25, -0.2) is 0 Å². The minimum Gasteiger partial charge on any atom is -0.399 e. The number of aryl methyl sites for hydroxylation is 1. The summed E-state index contributed by atoms with van der Waals surface area (Å²) in [7, 11) is 0. The third kappa shape index (κ3) is 4.17. The van der Waals surface area contributed by atoms with Gasteiger partial charge in [0, 0.05) is 17.9 Å². The molecule has 0 aromatic heterocycles. The van der Waals surface area contributed by atoms with Crippen LogP contribution in [0.1, 0.15) is 18.9 Å². The van der Waals surface area contributed by atoms with Crippen molar-refractivity contribution in [2.24, 2.45) is 0 Å². The zero-order valence-electron chi connectivity index (χ0n) is 10.0. The molecule has 0 aliphatic heterocycles. The third-order valence-electron chi connectivity index (χ3n) is 2.48. The summed E-state index contributed by atoms with van der Waals surface area (Å²) in [6.45, 7) is 3.09. The molecule has 0 amide bonds. The van der Waals surface area contributed by atoms with E-state index in [0.29, 0.717) is 24.3 Å². The van der Waals surface area contributed by atoms with Gasteiger partial charge in [0.25, 0.3) is 0 Å². The normalized spacial score (nSPS) is 11.6. The average molecular weight is 246 g/mol. The van der Waals surface area contributed by atoms with Gasteiger partial charge in [-0.05, 0) is 37.1 Å². The molecule has 0 saturated carbocycles. The number of hydrogen-bond acceptors (Lipinski definition) is 2. The summed E-state index contributed by atoms with van der Waals surface area (Å²) in [6.07, 6.45) is -3.52. The van der Waals surface area contributed by atoms with Gasteiger partial charge in [0.1, 0.15) is 6.54 Å². The molecule has 0 aliphatic rings. The molecular formula is C12H17F3N2. The van der Waals surface area contributed by atoms with Crippen molar-refractivity contribution in [1.82, 2.24) is 0 Å². The van der Waals surface area contributed by atoms with Gasteiger partial charge < -0.3 is 10.6 Å². The van der Waals surface area contributed by atoms with Crippen molar-refractivity contribution in [3.05, 3.63) is 23.8 Å². The van der Waals surface area contributed by atoms with Gasteiger partial charge in [-0.15, -0.1) is 0 Å². The number of rotatable bonds is 4. The Labute approximate surface area is 99.2 Å². The monoisotopic (exact) mass is 246 g/mol. The minimum atomic E-state index is -4.19. The van der Waals surface area contributed by atoms with Crippen LogP contribution in [0.25, 0.3) is 0 Å². The largest absolute Gasteiger partial charge is 0.405 e. The van der Waals surface area contributed by atoms with E-state index in [1.807, 2.05) is 6.92 Å². The molecule has 5 heteroatoms. The van der Waals surface area contributed by atoms with Crippen LogP contribution in [0.4, 0.5) is 24.5 Å². The molecule has 2 N–H and O–H groups in total. The molecule has 0 saturated heterocycles. The molecule has 0 spiro atoms. The highest BCUT2D eigenvalue weighted by molar-refractivity contribution is 5.58. The summed E-state index contributed by atoms with van der Waals surface area (Å²) >= 11 is 0. The topological polar surface area (TPSA) is 29.3 Å². The Morgan fingerprint density at radius 2 is 1.94 bits per heavy atom. The highest BCUT2D eigenvalue weighted by Crippen LogP contribution is 2.25. The van der Waals surface area contributed by atoms with E-state index in [0.717, 1.165) is 5.56 Å². The van der Waals surface area contributed by atoms with Gasteiger partial charge in [-0.2, -0.15) is 13.2 Å². The summed E-state index contributed by atoms with van der Waals surface area (Å²) in [5.41, 5.74) is 7.61. The van der Waals surface area contributed by atoms with Crippen LogP contribution in [0.3, 0.4) is 0 Å². The van der Waals surface area contributed by atoms with Crippen LogP contribution in [0.2, 0.25) is 0 Å². The molecule has 0 atom stereocenters. The summed E-state index contributed by atoms with van der Waals surface area (Å²) < 4.78 is 37.3. The van der Waals surface area contributed by atoms with Crippen molar-refractivity contribution < 1.29 is 13.2 Å². The number of nitrogens with two attached hydrogens (primary N) is 1. The summed E-state index contributed by atoms with van der Waals surface area (Å²) in [4.78, 5) is 1.33. The minimum absolute atomic E-state index is 0.378. The van der Waals surface area contributed by atoms with Crippen molar-refractivity contribution in [2.45, 2.75) is 26.4 Å². The molecule has 0 radical (unpaired) electrons. The van der Waals surface area contributed by atoms with Gasteiger partial charge in [0.15, 0.2) is 0 Å². The van der Waals surface area contributed by atoms with Gasteiger partial charge >= 0.3 is 6.18 Å². The van der Waals surface area contributed by atoms with Crippen molar-refractivity contribution in [3.8, 4) is 0 Å². The first-order chi connectivity index (χ1) is 7.83. The highest BCUT2D eigenvalue weighted by atomic mass is 19.4. The van der Waals surface area contributed by atoms with E-state index < -0.39 is 12.7 Å². The van der Waals surface area contributed by atoms with E-state index in [1.54, 1.807) is 25.1 Å². The van der Waals surface area contributed by atoms with E-state index in [-0.39, 0.29) is 0 Å². The second-order valence-electron chi connectivity index (χ2n) is 4.08. The van der Waals surface area contributed by atoms with Gasteiger partial charge in [0.2, 0.25) is 0 Å². The molecule has 0 unspecified atom stereocenters. The van der Waals surface area contributed by atoms with Crippen LogP contribution in [-0.4, -0.2) is 19.3 Å². The Morgan fingerprint density at radius 1 is 1.29 bits per heavy atom. The molecule has 0 fully saturated rings. The maximum absolute atomic E-state index is 12.4. The molecule has 0 bridgehead atoms. The second-order valence-corrected chi connectivity index (χ2v) is 4.08. The fraction of sp³-hybridized carbons (Fsp3) is 0.500. The average Bonchev–Trinajstić information content (AvgIpc) is 2.19. The summed E-state index contributed by atoms with van der Waals surface area (Å²) in [5, 5.41) is 0. The molecule has 17 heavy (non-hydrogen) atoms. The molecule has 96 valence electrons. The van der Waals surface area contributed by atoms with Crippen LogP contribution < -0.4 is 10.6 Å². The molecule has 0 heterocycles. The lowest BCUT2D eigenvalue weighted by atomic mass is 10.1. The Hall–Kier alpha value is -1.39. The van der Waals surface area contributed by atoms with Gasteiger partial charge in [-0.1, -0.05) is 6.92 Å². The van der Waals surface area contributed by atoms with Crippen molar-refractivity contribution >= 4 is 11.4 Å². The number of alkyl halides is 3. The summed E-state index contributed by atoms with van der Waals surface area (Å²) in [6, 6.07) is 4.96. The fourth-order valence-electron chi connectivity index (χ4n) is 1.64. The first-order valence-electron chi connectivity index (χ1n) is 5.51. The van der Waals surface area contributed by atoms with Crippen molar-refractivity contribution in [1.29, 1.82) is 0 Å². The predicted molar refractivity (Wildman–Crippen MR) is 64.2 cm³/mol. The SMILES string of the molecule is CCCN(CC(F)(F)F)c1ccc(N)c(C)c1. The molecular weight excluding hydrogens is 229 g/mol. The molecule has 1 aromatic rings. The number of nitrogens with zero attached hydrogens (tertiary/aromatic N) is 1. The number of anilines is 2. The van der Waals surface area contributed by atoms with E-state index in [9.17, 15) is 13.2 Å². The van der Waals surface area contributed by atoms with E-state index in [2.05, 4.69) is 0 Å². The predicted octanol–water partition coefficient (Wildman–Crippen LogP) is 3.36. The van der Waals surface area contributed by atoms with Gasteiger partial charge in [-0.3, -0.25) is 0 Å². The Kier molecular flexibility index (Phi) is 4.26. The number of benzene rings is 1. The smallest absolute Gasteiger partial charge is 0.399 e. The fourth-order valence-corrected chi connectivity index (χ4v) is 1.64. The standard InChI is InChI=1S/C12H17F3N2/c1-3-6-17(8-12(13,14)15)10-4-5-11(16)9(2)7-10/h4-5,7H,3,6,8,16H2,1-2H3. The lowest BCUT2D eigenvalue weighted by Crippen LogP contribution is -2.34. The van der Waals surface area contributed by atoms with Crippen molar-refractivity contribution in [2.75, 3.05) is 23.7 Å². The number of hydrogen-bond donors (Lipinski definition) is 1. The molecule has 1 rings (SSSR count). The quantitative estimate of drug-likeness (QED) is 0.825. The van der Waals surface area contributed by atoms with Crippen LogP contribution in [0, 0.1) is 6.92 Å². The Morgan fingerprint density at radius 3 is 2.41 bits per heavy atom. The maximum atomic E-state index is 12.4. The number of nitrogen functional groups attached to an aromatic ring is 1. The Bertz CT molecular complexity index is 375. The van der Waals surface area contributed by atoms with Crippen LogP contribution in [0.5, 0.6) is 0 Å². The van der Waals surface area contributed by atoms with Gasteiger partial charge in [0.05, 0.1) is 0 Å². The zero-order chi connectivity index (χ0) is 13.1.